The molecule has 5 heterocycles. The number of hydrogen-bond donors (Lipinski definition) is 0. The van der Waals surface area contributed by atoms with Crippen LogP contribution in [0.15, 0.2) is 31.0 Å². The molecule has 0 aliphatic carbocycles. The SMILES string of the molecule is CCn1cc(-c2cnc3c(c2)CN(c2nn4cnnc4c(C)c2C)CC3)cn1. The maximum absolute atomic E-state index is 4.77. The van der Waals surface area contributed by atoms with Crippen LogP contribution < -0.4 is 4.90 Å². The first-order valence-corrected chi connectivity index (χ1v) is 9.57. The molecule has 0 saturated heterocycles. The lowest BCUT2D eigenvalue weighted by Crippen LogP contribution is -2.32. The van der Waals surface area contributed by atoms with Crippen molar-refractivity contribution in [1.82, 2.24) is 34.6 Å². The van der Waals surface area contributed by atoms with Gasteiger partial charge >= 0.3 is 0 Å². The van der Waals surface area contributed by atoms with Gasteiger partial charge in [0.2, 0.25) is 0 Å². The van der Waals surface area contributed by atoms with E-state index in [1.165, 1.54) is 11.3 Å². The van der Waals surface area contributed by atoms with Crippen molar-refractivity contribution in [2.45, 2.75) is 40.3 Å². The topological polar surface area (TPSA) is 77.0 Å². The van der Waals surface area contributed by atoms with Gasteiger partial charge in [0.25, 0.3) is 0 Å². The van der Waals surface area contributed by atoms with Gasteiger partial charge in [0.05, 0.1) is 6.20 Å². The Morgan fingerprint density at radius 1 is 1.11 bits per heavy atom. The average Bonchev–Trinajstić information content (AvgIpc) is 3.39. The normalized spacial score (nSPS) is 13.9. The zero-order chi connectivity index (χ0) is 19.3. The molecule has 0 saturated carbocycles. The molecule has 5 rings (SSSR count). The van der Waals surface area contributed by atoms with Crippen LogP contribution in [0.2, 0.25) is 0 Å². The largest absolute Gasteiger partial charge is 0.350 e. The lowest BCUT2D eigenvalue weighted by atomic mass is 10.0. The quantitative estimate of drug-likeness (QED) is 0.549. The predicted molar refractivity (Wildman–Crippen MR) is 106 cm³/mol. The molecule has 0 unspecified atom stereocenters. The summed E-state index contributed by atoms with van der Waals surface area (Å²) in [5.41, 5.74) is 7.71. The number of aryl methyl sites for hydroxylation is 2. The van der Waals surface area contributed by atoms with Crippen LogP contribution in [0.5, 0.6) is 0 Å². The fourth-order valence-electron chi connectivity index (χ4n) is 3.81. The first-order chi connectivity index (χ1) is 13.6. The minimum absolute atomic E-state index is 0.791. The first-order valence-electron chi connectivity index (χ1n) is 9.57. The van der Waals surface area contributed by atoms with E-state index in [1.807, 2.05) is 17.1 Å². The van der Waals surface area contributed by atoms with E-state index in [9.17, 15) is 0 Å². The van der Waals surface area contributed by atoms with Crippen molar-refractivity contribution in [3.63, 3.8) is 0 Å². The van der Waals surface area contributed by atoms with Gasteiger partial charge < -0.3 is 4.90 Å². The van der Waals surface area contributed by atoms with E-state index in [0.717, 1.165) is 59.8 Å². The molecule has 0 spiro atoms. The molecular formula is C20H22N8. The predicted octanol–water partition coefficient (Wildman–Crippen LogP) is 2.58. The fraction of sp³-hybridized carbons (Fsp3) is 0.350. The molecule has 28 heavy (non-hydrogen) atoms. The van der Waals surface area contributed by atoms with Gasteiger partial charge in [-0.05, 0) is 32.4 Å². The van der Waals surface area contributed by atoms with Crippen LogP contribution in [0.3, 0.4) is 0 Å². The molecule has 0 amide bonds. The molecule has 0 aromatic carbocycles. The summed E-state index contributed by atoms with van der Waals surface area (Å²) in [5.74, 6) is 0.986. The molecule has 0 bridgehead atoms. The summed E-state index contributed by atoms with van der Waals surface area (Å²) in [4.78, 5) is 7.06. The number of hydrogen-bond acceptors (Lipinski definition) is 6. The minimum Gasteiger partial charge on any atom is -0.350 e. The molecule has 8 heteroatoms. The van der Waals surface area contributed by atoms with Gasteiger partial charge in [-0.3, -0.25) is 9.67 Å². The Bertz CT molecular complexity index is 1170. The Hall–Kier alpha value is -3.29. The van der Waals surface area contributed by atoms with Crippen LogP contribution in [0.25, 0.3) is 16.8 Å². The smallest absolute Gasteiger partial charge is 0.180 e. The van der Waals surface area contributed by atoms with E-state index in [1.54, 1.807) is 10.8 Å². The van der Waals surface area contributed by atoms with Crippen molar-refractivity contribution in [2.24, 2.45) is 0 Å². The van der Waals surface area contributed by atoms with Crippen molar-refractivity contribution >= 4 is 11.5 Å². The number of aromatic nitrogens is 7. The maximum Gasteiger partial charge on any atom is 0.180 e. The summed E-state index contributed by atoms with van der Waals surface area (Å²) in [5, 5.41) is 17.3. The van der Waals surface area contributed by atoms with E-state index >= 15 is 0 Å². The van der Waals surface area contributed by atoms with E-state index in [0.29, 0.717) is 0 Å². The number of pyridine rings is 1. The lowest BCUT2D eigenvalue weighted by molar-refractivity contribution is 0.660. The molecule has 1 aliphatic rings. The highest BCUT2D eigenvalue weighted by molar-refractivity contribution is 5.63. The molecule has 8 nitrogen and oxygen atoms in total. The Balaban J connectivity index is 1.51. The van der Waals surface area contributed by atoms with Crippen LogP contribution in [0.4, 0.5) is 5.82 Å². The third-order valence-corrected chi connectivity index (χ3v) is 5.60. The lowest BCUT2D eigenvalue weighted by Gasteiger charge is -2.30. The zero-order valence-electron chi connectivity index (χ0n) is 16.3. The van der Waals surface area contributed by atoms with Gasteiger partial charge in [-0.15, -0.1) is 15.3 Å². The van der Waals surface area contributed by atoms with Crippen molar-refractivity contribution in [3.8, 4) is 11.1 Å². The van der Waals surface area contributed by atoms with Crippen LogP contribution in [0.1, 0.15) is 29.3 Å². The summed E-state index contributed by atoms with van der Waals surface area (Å²) in [6, 6.07) is 2.24. The van der Waals surface area contributed by atoms with Crippen molar-refractivity contribution in [2.75, 3.05) is 11.4 Å². The number of nitrogens with zero attached hydrogens (tertiary/aromatic N) is 8. The van der Waals surface area contributed by atoms with Crippen LogP contribution >= 0.6 is 0 Å². The highest BCUT2D eigenvalue weighted by atomic mass is 15.4. The average molecular weight is 374 g/mol. The molecule has 0 N–H and O–H groups in total. The first kappa shape index (κ1) is 16.9. The summed E-state index contributed by atoms with van der Waals surface area (Å²) in [6.07, 6.45) is 8.50. The molecule has 0 fully saturated rings. The molecule has 0 radical (unpaired) electrons. The Morgan fingerprint density at radius 2 is 2.00 bits per heavy atom. The van der Waals surface area contributed by atoms with E-state index in [4.69, 9.17) is 10.1 Å². The van der Waals surface area contributed by atoms with Gasteiger partial charge in [0, 0.05) is 66.4 Å². The molecule has 0 atom stereocenters. The van der Waals surface area contributed by atoms with Crippen LogP contribution in [-0.2, 0) is 19.5 Å². The second-order valence-electron chi connectivity index (χ2n) is 7.26. The second-order valence-corrected chi connectivity index (χ2v) is 7.26. The Kier molecular flexibility index (Phi) is 3.85. The van der Waals surface area contributed by atoms with Gasteiger partial charge in [0.15, 0.2) is 11.5 Å². The standard InChI is InChI=1S/C20H22N8/c1-4-27-11-17(9-23-27)15-7-16-10-26(6-5-18(16)21-8-15)20-14(3)13(2)19-24-22-12-28(19)25-20/h7-9,11-12H,4-6,10H2,1-3H3. The third-order valence-electron chi connectivity index (χ3n) is 5.60. The zero-order valence-corrected chi connectivity index (χ0v) is 16.3. The van der Waals surface area contributed by atoms with E-state index in [2.05, 4.69) is 53.2 Å². The molecule has 142 valence electrons. The van der Waals surface area contributed by atoms with Crippen molar-refractivity contribution in [3.05, 3.63) is 53.4 Å². The number of rotatable bonds is 3. The van der Waals surface area contributed by atoms with Gasteiger partial charge in [-0.25, -0.2) is 0 Å². The summed E-state index contributed by atoms with van der Waals surface area (Å²) >= 11 is 0. The summed E-state index contributed by atoms with van der Waals surface area (Å²) in [6.45, 7) is 8.82. The number of anilines is 1. The monoisotopic (exact) mass is 374 g/mol. The van der Waals surface area contributed by atoms with Crippen molar-refractivity contribution < 1.29 is 0 Å². The Morgan fingerprint density at radius 3 is 2.82 bits per heavy atom. The molecule has 4 aromatic heterocycles. The molecule has 4 aromatic rings. The fourth-order valence-corrected chi connectivity index (χ4v) is 3.81. The van der Waals surface area contributed by atoms with Gasteiger partial charge in [-0.2, -0.15) is 9.61 Å². The van der Waals surface area contributed by atoms with Crippen molar-refractivity contribution in [1.29, 1.82) is 0 Å². The van der Waals surface area contributed by atoms with Crippen LogP contribution in [0, 0.1) is 13.8 Å². The maximum atomic E-state index is 4.77. The van der Waals surface area contributed by atoms with Gasteiger partial charge in [-0.1, -0.05) is 0 Å². The second kappa shape index (κ2) is 6.40. The minimum atomic E-state index is 0.791. The van der Waals surface area contributed by atoms with E-state index < -0.39 is 0 Å². The Labute approximate surface area is 162 Å². The van der Waals surface area contributed by atoms with E-state index in [-0.39, 0.29) is 0 Å². The van der Waals surface area contributed by atoms with Crippen LogP contribution in [-0.4, -0.2) is 41.1 Å². The molecular weight excluding hydrogens is 352 g/mol. The molecule has 1 aliphatic heterocycles. The third kappa shape index (κ3) is 2.64. The summed E-state index contributed by atoms with van der Waals surface area (Å²) in [7, 11) is 0. The highest BCUT2D eigenvalue weighted by Crippen LogP contribution is 2.29. The summed E-state index contributed by atoms with van der Waals surface area (Å²) < 4.78 is 3.70. The number of fused-ring (bicyclic) bond motifs is 2. The highest BCUT2D eigenvalue weighted by Gasteiger charge is 2.22. The van der Waals surface area contributed by atoms with Gasteiger partial charge in [0.1, 0.15) is 6.33 Å².